The van der Waals surface area contributed by atoms with Gasteiger partial charge in [-0.15, -0.1) is 0 Å². The number of aromatic nitrogens is 1. The molecule has 1 aromatic heterocycles. The summed E-state index contributed by atoms with van der Waals surface area (Å²) < 4.78 is 40.8. The standard InChI is InChI=1S/C27H32N4O4S/c32-36(33,26-8-1-4-21-20-28-11-9-23(21)26)31-12-3-5-22(31)10-13-29-14-16-30(17-15-29)24-6-2-7-25-27(24)35-19-18-34-25/h1-2,4,6-9,11,20,22H,3,5,10,12-19H2. The van der Waals surface area contributed by atoms with Crippen molar-refractivity contribution in [3.63, 3.8) is 0 Å². The lowest BCUT2D eigenvalue weighted by atomic mass is 10.1. The molecule has 8 nitrogen and oxygen atoms in total. The Morgan fingerprint density at radius 2 is 1.78 bits per heavy atom. The summed E-state index contributed by atoms with van der Waals surface area (Å²) in [5.41, 5.74) is 1.10. The van der Waals surface area contributed by atoms with Gasteiger partial charge in [-0.05, 0) is 50.1 Å². The van der Waals surface area contributed by atoms with Crippen molar-refractivity contribution in [2.45, 2.75) is 30.2 Å². The smallest absolute Gasteiger partial charge is 0.243 e. The Labute approximate surface area is 212 Å². The molecule has 36 heavy (non-hydrogen) atoms. The molecule has 0 saturated carbocycles. The topological polar surface area (TPSA) is 75.2 Å². The SMILES string of the molecule is O=S(=O)(c1cccc2cnccc12)N1CCCC1CCN1CCN(c2cccc3c2OCCO3)CC1. The zero-order chi connectivity index (χ0) is 24.5. The molecular formula is C27H32N4O4S. The first-order chi connectivity index (χ1) is 17.6. The average molecular weight is 509 g/mol. The van der Waals surface area contributed by atoms with Gasteiger partial charge < -0.3 is 14.4 Å². The summed E-state index contributed by atoms with van der Waals surface area (Å²) in [4.78, 5) is 9.36. The van der Waals surface area contributed by atoms with E-state index < -0.39 is 10.0 Å². The van der Waals surface area contributed by atoms with Crippen molar-refractivity contribution in [3.05, 3.63) is 54.9 Å². The van der Waals surface area contributed by atoms with Gasteiger partial charge in [0.25, 0.3) is 0 Å². The summed E-state index contributed by atoms with van der Waals surface area (Å²) in [6.07, 6.45) is 6.06. The van der Waals surface area contributed by atoms with E-state index in [-0.39, 0.29) is 6.04 Å². The van der Waals surface area contributed by atoms with E-state index in [2.05, 4.69) is 20.9 Å². The second-order valence-electron chi connectivity index (χ2n) is 9.68. The summed E-state index contributed by atoms with van der Waals surface area (Å²) in [5.74, 6) is 1.68. The predicted octanol–water partition coefficient (Wildman–Crippen LogP) is 3.37. The maximum Gasteiger partial charge on any atom is 0.243 e. The van der Waals surface area contributed by atoms with Crippen LogP contribution in [0, 0.1) is 0 Å². The Balaban J connectivity index is 1.09. The quantitative estimate of drug-likeness (QED) is 0.505. The van der Waals surface area contributed by atoms with Gasteiger partial charge in [-0.2, -0.15) is 4.31 Å². The van der Waals surface area contributed by atoms with Crippen LogP contribution in [-0.4, -0.2) is 81.1 Å². The van der Waals surface area contributed by atoms with Crippen LogP contribution in [0.2, 0.25) is 0 Å². The summed E-state index contributed by atoms with van der Waals surface area (Å²) >= 11 is 0. The van der Waals surface area contributed by atoms with Crippen LogP contribution in [0.5, 0.6) is 11.5 Å². The van der Waals surface area contributed by atoms with Gasteiger partial charge >= 0.3 is 0 Å². The fourth-order valence-electron chi connectivity index (χ4n) is 5.71. The number of hydrogen-bond donors (Lipinski definition) is 0. The number of para-hydroxylation sites is 1. The van der Waals surface area contributed by atoms with E-state index in [1.807, 2.05) is 24.3 Å². The lowest BCUT2D eigenvalue weighted by molar-refractivity contribution is 0.171. The van der Waals surface area contributed by atoms with Crippen LogP contribution in [0.4, 0.5) is 5.69 Å². The first-order valence-corrected chi connectivity index (χ1v) is 14.3. The molecule has 2 fully saturated rings. The molecule has 190 valence electrons. The number of piperazine rings is 1. The van der Waals surface area contributed by atoms with Crippen LogP contribution in [0.25, 0.3) is 10.8 Å². The molecule has 1 unspecified atom stereocenters. The Morgan fingerprint density at radius 3 is 2.67 bits per heavy atom. The van der Waals surface area contributed by atoms with Gasteiger partial charge in [-0.1, -0.05) is 18.2 Å². The third-order valence-electron chi connectivity index (χ3n) is 7.59. The second-order valence-corrected chi connectivity index (χ2v) is 11.5. The number of sulfonamides is 1. The average Bonchev–Trinajstić information content (AvgIpc) is 3.41. The van der Waals surface area contributed by atoms with Crippen molar-refractivity contribution in [2.24, 2.45) is 0 Å². The van der Waals surface area contributed by atoms with E-state index in [0.29, 0.717) is 24.7 Å². The van der Waals surface area contributed by atoms with Crippen molar-refractivity contribution in [2.75, 3.05) is 57.4 Å². The second kappa shape index (κ2) is 9.88. The molecule has 9 heteroatoms. The molecule has 0 spiro atoms. The van der Waals surface area contributed by atoms with Gasteiger partial charge in [0.05, 0.1) is 10.6 Å². The molecule has 0 N–H and O–H groups in total. The molecule has 1 atom stereocenters. The first kappa shape index (κ1) is 23.5. The van der Waals surface area contributed by atoms with Crippen LogP contribution in [0.15, 0.2) is 59.8 Å². The minimum absolute atomic E-state index is 0.0387. The molecule has 0 bridgehead atoms. The third-order valence-corrected chi connectivity index (χ3v) is 9.60. The van der Waals surface area contributed by atoms with Gasteiger partial charge in [-0.3, -0.25) is 9.88 Å². The zero-order valence-electron chi connectivity index (χ0n) is 20.4. The number of rotatable bonds is 6. The van der Waals surface area contributed by atoms with Crippen molar-refractivity contribution in [1.82, 2.24) is 14.2 Å². The van der Waals surface area contributed by atoms with Crippen LogP contribution in [0.3, 0.4) is 0 Å². The molecule has 0 amide bonds. The maximum absolute atomic E-state index is 13.7. The van der Waals surface area contributed by atoms with Gasteiger partial charge in [0.2, 0.25) is 10.0 Å². The number of fused-ring (bicyclic) bond motifs is 2. The number of anilines is 1. The highest BCUT2D eigenvalue weighted by atomic mass is 32.2. The fourth-order valence-corrected chi connectivity index (χ4v) is 7.65. The summed E-state index contributed by atoms with van der Waals surface area (Å²) in [6, 6.07) is 13.4. The monoisotopic (exact) mass is 508 g/mol. The fraction of sp³-hybridized carbons (Fsp3) is 0.444. The van der Waals surface area contributed by atoms with Gasteiger partial charge in [-0.25, -0.2) is 8.42 Å². The van der Waals surface area contributed by atoms with Crippen molar-refractivity contribution in [1.29, 1.82) is 0 Å². The van der Waals surface area contributed by atoms with Crippen LogP contribution in [0.1, 0.15) is 19.3 Å². The maximum atomic E-state index is 13.7. The molecule has 6 rings (SSSR count). The zero-order valence-corrected chi connectivity index (χ0v) is 21.2. The Morgan fingerprint density at radius 1 is 0.944 bits per heavy atom. The molecule has 0 aliphatic carbocycles. The lowest BCUT2D eigenvalue weighted by Gasteiger charge is -2.38. The van der Waals surface area contributed by atoms with E-state index >= 15 is 0 Å². The number of pyridine rings is 1. The van der Waals surface area contributed by atoms with Gasteiger partial charge in [0.1, 0.15) is 13.2 Å². The molecule has 2 aromatic carbocycles. The van der Waals surface area contributed by atoms with E-state index in [1.165, 1.54) is 0 Å². The Bertz CT molecular complexity index is 1340. The molecule has 2 saturated heterocycles. The number of ether oxygens (including phenoxy) is 2. The van der Waals surface area contributed by atoms with Crippen LogP contribution in [-0.2, 0) is 10.0 Å². The first-order valence-electron chi connectivity index (χ1n) is 12.8. The summed E-state index contributed by atoms with van der Waals surface area (Å²) in [6.45, 7) is 6.38. The Kier molecular flexibility index (Phi) is 6.45. The molecule has 4 heterocycles. The lowest BCUT2D eigenvalue weighted by Crippen LogP contribution is -2.48. The Hall–Kier alpha value is -2.88. The summed E-state index contributed by atoms with van der Waals surface area (Å²) in [7, 11) is -3.57. The molecule has 0 radical (unpaired) electrons. The largest absolute Gasteiger partial charge is 0.486 e. The normalized spacial score (nSPS) is 21.2. The van der Waals surface area contributed by atoms with E-state index in [4.69, 9.17) is 9.47 Å². The van der Waals surface area contributed by atoms with Crippen molar-refractivity contribution < 1.29 is 17.9 Å². The number of nitrogens with zero attached hydrogens (tertiary/aromatic N) is 4. The van der Waals surface area contributed by atoms with Gasteiger partial charge in [0, 0.05) is 61.9 Å². The van der Waals surface area contributed by atoms with E-state index in [1.54, 1.807) is 28.8 Å². The molecule has 3 aliphatic heterocycles. The van der Waals surface area contributed by atoms with Gasteiger partial charge in [0.15, 0.2) is 11.5 Å². The highest BCUT2D eigenvalue weighted by molar-refractivity contribution is 7.89. The van der Waals surface area contributed by atoms with E-state index in [0.717, 1.165) is 79.9 Å². The molecule has 3 aliphatic rings. The van der Waals surface area contributed by atoms with Crippen molar-refractivity contribution in [3.8, 4) is 11.5 Å². The molecular weight excluding hydrogens is 476 g/mol. The molecule has 3 aromatic rings. The highest BCUT2D eigenvalue weighted by Gasteiger charge is 2.36. The number of hydrogen-bond acceptors (Lipinski definition) is 7. The van der Waals surface area contributed by atoms with Crippen molar-refractivity contribution >= 4 is 26.5 Å². The van der Waals surface area contributed by atoms with E-state index in [9.17, 15) is 8.42 Å². The summed E-state index contributed by atoms with van der Waals surface area (Å²) in [5, 5.41) is 1.59. The minimum Gasteiger partial charge on any atom is -0.486 e. The third kappa shape index (κ3) is 4.40. The predicted molar refractivity (Wildman–Crippen MR) is 139 cm³/mol. The number of benzene rings is 2. The highest BCUT2D eigenvalue weighted by Crippen LogP contribution is 2.40. The minimum atomic E-state index is -3.57. The van der Waals surface area contributed by atoms with Crippen LogP contribution >= 0.6 is 0 Å². The van der Waals surface area contributed by atoms with Crippen LogP contribution < -0.4 is 14.4 Å².